The quantitative estimate of drug-likeness (QED) is 0.393. The Morgan fingerprint density at radius 1 is 1.36 bits per heavy atom. The van der Waals surface area contributed by atoms with Crippen molar-refractivity contribution in [2.24, 2.45) is 11.1 Å². The molecule has 0 spiro atoms. The lowest BCUT2D eigenvalue weighted by molar-refractivity contribution is -0.00522. The van der Waals surface area contributed by atoms with E-state index in [-0.39, 0.29) is 18.6 Å². The first-order chi connectivity index (χ1) is 10.5. The Labute approximate surface area is 131 Å². The van der Waals surface area contributed by atoms with Crippen molar-refractivity contribution in [3.05, 3.63) is 41.0 Å². The maximum absolute atomic E-state index is 10.5. The minimum Gasteiger partial charge on any atom is -0.496 e. The van der Waals surface area contributed by atoms with E-state index in [1.165, 1.54) is 0 Å². The Hall–Kier alpha value is -2.08. The number of benzene rings is 1. The van der Waals surface area contributed by atoms with E-state index in [2.05, 4.69) is 11.8 Å². The molecule has 0 heterocycles. The van der Waals surface area contributed by atoms with Crippen molar-refractivity contribution in [1.29, 1.82) is 0 Å². The third kappa shape index (κ3) is 5.73. The Morgan fingerprint density at radius 3 is 2.64 bits per heavy atom. The zero-order valence-electron chi connectivity index (χ0n) is 13.2. The summed E-state index contributed by atoms with van der Waals surface area (Å²) in [7, 11) is 1.63. The molecule has 22 heavy (non-hydrogen) atoms. The number of nitrogen functional groups attached to an aromatic ring is 2. The molecule has 6 heteroatoms. The van der Waals surface area contributed by atoms with Gasteiger partial charge < -0.3 is 20.9 Å². The molecule has 4 N–H and O–H groups in total. The molecular weight excluding hydrogens is 282 g/mol. The van der Waals surface area contributed by atoms with Crippen LogP contribution in [0.4, 0.5) is 11.4 Å². The Kier molecular flexibility index (Phi) is 7.39. The fourth-order valence-corrected chi connectivity index (χ4v) is 2.31. The fourth-order valence-electron chi connectivity index (χ4n) is 2.31. The van der Waals surface area contributed by atoms with Gasteiger partial charge in [-0.2, -0.15) is 4.91 Å². The molecule has 2 atom stereocenters. The van der Waals surface area contributed by atoms with E-state index < -0.39 is 0 Å². The van der Waals surface area contributed by atoms with Gasteiger partial charge in [0.05, 0.1) is 29.8 Å². The second-order valence-electron chi connectivity index (χ2n) is 5.36. The van der Waals surface area contributed by atoms with Crippen LogP contribution in [0.25, 0.3) is 0 Å². The molecule has 0 saturated heterocycles. The van der Waals surface area contributed by atoms with E-state index in [1.54, 1.807) is 20.1 Å². The van der Waals surface area contributed by atoms with Crippen LogP contribution in [0.3, 0.4) is 0 Å². The van der Waals surface area contributed by atoms with Gasteiger partial charge in [-0.1, -0.05) is 17.8 Å². The van der Waals surface area contributed by atoms with E-state index in [0.717, 1.165) is 5.56 Å². The normalized spacial score (nSPS) is 13.4. The summed E-state index contributed by atoms with van der Waals surface area (Å²) >= 11 is 0. The van der Waals surface area contributed by atoms with Gasteiger partial charge in [-0.25, -0.2) is 0 Å². The van der Waals surface area contributed by atoms with Crippen LogP contribution in [0.2, 0.25) is 0 Å². The number of rotatable bonds is 10. The third-order valence-corrected chi connectivity index (χ3v) is 3.56. The number of methoxy groups -OCH3 is 1. The number of anilines is 2. The molecule has 0 fully saturated rings. The minimum absolute atomic E-state index is 0.0880. The number of hydrogen-bond acceptors (Lipinski definition) is 6. The van der Waals surface area contributed by atoms with Crippen LogP contribution in [0.15, 0.2) is 35.7 Å². The molecule has 1 aromatic rings. The average Bonchev–Trinajstić information content (AvgIpc) is 2.48. The largest absolute Gasteiger partial charge is 0.496 e. The van der Waals surface area contributed by atoms with E-state index in [4.69, 9.17) is 20.9 Å². The van der Waals surface area contributed by atoms with Crippen LogP contribution < -0.4 is 11.5 Å². The molecule has 0 aliphatic rings. The highest BCUT2D eigenvalue weighted by Gasteiger charge is 2.23. The van der Waals surface area contributed by atoms with Gasteiger partial charge in [0.15, 0.2) is 0 Å². The topological polar surface area (TPSA) is 99.9 Å². The monoisotopic (exact) mass is 307 g/mol. The number of nitroso groups, excluding NO2 is 1. The van der Waals surface area contributed by atoms with Gasteiger partial charge in [0.25, 0.3) is 0 Å². The zero-order valence-corrected chi connectivity index (χ0v) is 13.2. The fraction of sp³-hybridized carbons (Fsp3) is 0.500. The van der Waals surface area contributed by atoms with Crippen molar-refractivity contribution in [2.45, 2.75) is 25.9 Å². The molecule has 0 unspecified atom stereocenters. The summed E-state index contributed by atoms with van der Waals surface area (Å²) in [6.07, 6.45) is 1.17. The summed E-state index contributed by atoms with van der Waals surface area (Å²) in [5.41, 5.74) is 13.7. The summed E-state index contributed by atoms with van der Waals surface area (Å²) in [4.78, 5) is 10.5. The number of nitrogens with zero attached hydrogens (tertiary/aromatic N) is 1. The number of nitrogens with two attached hydrogens (primary N) is 2. The van der Waals surface area contributed by atoms with Crippen LogP contribution >= 0.6 is 0 Å². The summed E-state index contributed by atoms with van der Waals surface area (Å²) in [5.74, 6) is 0.719. The van der Waals surface area contributed by atoms with E-state index in [9.17, 15) is 4.91 Å². The van der Waals surface area contributed by atoms with Gasteiger partial charge in [0.1, 0.15) is 6.61 Å². The first kappa shape index (κ1) is 18.0. The van der Waals surface area contributed by atoms with Crippen molar-refractivity contribution in [1.82, 2.24) is 0 Å². The highest BCUT2D eigenvalue weighted by molar-refractivity contribution is 5.63. The molecule has 1 aromatic carbocycles. The second-order valence-corrected chi connectivity index (χ2v) is 5.36. The summed E-state index contributed by atoms with van der Waals surface area (Å²) in [6, 6.07) is 5.56. The van der Waals surface area contributed by atoms with Crippen molar-refractivity contribution in [3.8, 4) is 0 Å². The lowest BCUT2D eigenvalue weighted by Gasteiger charge is -2.26. The third-order valence-electron chi connectivity index (χ3n) is 3.56. The summed E-state index contributed by atoms with van der Waals surface area (Å²) in [5, 5.41) is 2.95. The Morgan fingerprint density at radius 2 is 2.09 bits per heavy atom. The molecule has 1 rings (SSSR count). The molecule has 122 valence electrons. The summed E-state index contributed by atoms with van der Waals surface area (Å²) < 4.78 is 11.0. The smallest absolute Gasteiger partial charge is 0.114 e. The molecule has 0 bridgehead atoms. The Balaban J connectivity index is 2.82. The molecule has 0 aliphatic carbocycles. The number of ether oxygens (including phenoxy) is 2. The van der Waals surface area contributed by atoms with Crippen molar-refractivity contribution < 1.29 is 9.47 Å². The lowest BCUT2D eigenvalue weighted by Crippen LogP contribution is -2.30. The molecule has 0 aliphatic heterocycles. The van der Waals surface area contributed by atoms with Gasteiger partial charge in [-0.15, -0.1) is 0 Å². The molecule has 6 nitrogen and oxygen atoms in total. The van der Waals surface area contributed by atoms with Gasteiger partial charge >= 0.3 is 0 Å². The van der Waals surface area contributed by atoms with E-state index in [1.807, 2.05) is 12.1 Å². The molecular formula is C16H25N3O3. The highest BCUT2D eigenvalue weighted by Crippen LogP contribution is 2.23. The highest BCUT2D eigenvalue weighted by atomic mass is 16.5. The maximum Gasteiger partial charge on any atom is 0.114 e. The first-order valence-corrected chi connectivity index (χ1v) is 7.22. The predicted molar refractivity (Wildman–Crippen MR) is 89.3 cm³/mol. The molecule has 0 amide bonds. The average molecular weight is 307 g/mol. The zero-order chi connectivity index (χ0) is 16.5. The van der Waals surface area contributed by atoms with Gasteiger partial charge in [0.2, 0.25) is 0 Å². The van der Waals surface area contributed by atoms with Crippen LogP contribution in [-0.2, 0) is 15.9 Å². The van der Waals surface area contributed by atoms with E-state index >= 15 is 0 Å². The SMILES string of the molecule is C=C(C)OC[C@@H](OC)[C@H](CCN=O)Cc1ccc(N)c(N)c1. The summed E-state index contributed by atoms with van der Waals surface area (Å²) in [6.45, 7) is 6.13. The van der Waals surface area contributed by atoms with Crippen molar-refractivity contribution in [2.75, 3.05) is 31.7 Å². The van der Waals surface area contributed by atoms with E-state index in [0.29, 0.717) is 36.6 Å². The van der Waals surface area contributed by atoms with Crippen LogP contribution in [0.1, 0.15) is 18.9 Å². The number of hydrogen-bond donors (Lipinski definition) is 2. The lowest BCUT2D eigenvalue weighted by atomic mass is 9.90. The molecule has 0 aromatic heterocycles. The predicted octanol–water partition coefficient (Wildman–Crippen LogP) is 2.73. The Bertz CT molecular complexity index is 505. The van der Waals surface area contributed by atoms with Crippen LogP contribution in [0.5, 0.6) is 0 Å². The van der Waals surface area contributed by atoms with Gasteiger partial charge in [-0.3, -0.25) is 0 Å². The molecule has 0 saturated carbocycles. The number of allylic oxidation sites excluding steroid dienone is 1. The van der Waals surface area contributed by atoms with Crippen molar-refractivity contribution >= 4 is 11.4 Å². The second kappa shape index (κ2) is 9.04. The molecule has 0 radical (unpaired) electrons. The van der Waals surface area contributed by atoms with Crippen LogP contribution in [-0.4, -0.2) is 26.4 Å². The van der Waals surface area contributed by atoms with Gasteiger partial charge in [-0.05, 0) is 43.4 Å². The minimum atomic E-state index is -0.155. The van der Waals surface area contributed by atoms with Crippen molar-refractivity contribution in [3.63, 3.8) is 0 Å². The standard InChI is InChI=1S/C16H25N3O3/c1-11(2)22-10-16(21-3)13(6-7-19-20)8-12-4-5-14(17)15(18)9-12/h4-5,9,13,16H,1,6-8,10,17-18H2,2-3H3/t13-,16-/m1/s1. The van der Waals surface area contributed by atoms with Gasteiger partial charge in [0, 0.05) is 7.11 Å². The van der Waals surface area contributed by atoms with Crippen LogP contribution in [0, 0.1) is 10.8 Å². The first-order valence-electron chi connectivity index (χ1n) is 7.22. The maximum atomic E-state index is 10.5.